The molecule has 2 aromatic carbocycles. The molecule has 1 N–H and O–H groups in total. The Hall–Kier alpha value is -1.92. The Morgan fingerprint density at radius 3 is 2.52 bits per heavy atom. The van der Waals surface area contributed by atoms with Crippen molar-refractivity contribution in [3.05, 3.63) is 73.2 Å². The van der Waals surface area contributed by atoms with E-state index in [0.29, 0.717) is 0 Å². The van der Waals surface area contributed by atoms with Gasteiger partial charge < -0.3 is 5.32 Å². The zero-order chi connectivity index (χ0) is 15.4. The average molecular weight is 370 g/mol. The number of benzene rings is 2. The molecule has 0 bridgehead atoms. The Morgan fingerprint density at radius 1 is 1.24 bits per heavy atom. The molecule has 2 aromatic rings. The van der Waals surface area contributed by atoms with Crippen molar-refractivity contribution in [3.8, 4) is 0 Å². The second-order valence-corrected chi connectivity index (χ2v) is 5.53. The Kier molecular flexibility index (Phi) is 4.93. The van der Waals surface area contributed by atoms with Gasteiger partial charge >= 0.3 is 5.69 Å². The summed E-state index contributed by atoms with van der Waals surface area (Å²) in [4.78, 5) is 22.4. The van der Waals surface area contributed by atoms with Gasteiger partial charge in [0.05, 0.1) is 4.92 Å². The predicted octanol–water partition coefficient (Wildman–Crippen LogP) is 3.94. The van der Waals surface area contributed by atoms with Crippen LogP contribution in [0.3, 0.4) is 0 Å². The van der Waals surface area contributed by atoms with Gasteiger partial charge in [-0.25, -0.2) is 0 Å². The van der Waals surface area contributed by atoms with E-state index in [1.54, 1.807) is 0 Å². The van der Waals surface area contributed by atoms with Crippen LogP contribution in [0, 0.1) is 10.1 Å². The van der Waals surface area contributed by atoms with E-state index in [9.17, 15) is 14.9 Å². The van der Waals surface area contributed by atoms with Crippen molar-refractivity contribution in [2.45, 2.75) is 6.54 Å². The van der Waals surface area contributed by atoms with E-state index in [2.05, 4.69) is 21.2 Å². The Balaban J connectivity index is 2.16. The van der Waals surface area contributed by atoms with Gasteiger partial charge in [0.1, 0.15) is 10.6 Å². The third-order valence-corrected chi connectivity index (χ3v) is 3.61. The van der Waals surface area contributed by atoms with Crippen LogP contribution >= 0.6 is 27.5 Å². The minimum absolute atomic E-state index is 0.0513. The Morgan fingerprint density at radius 2 is 1.90 bits per heavy atom. The minimum atomic E-state index is -0.656. The molecule has 21 heavy (non-hydrogen) atoms. The highest BCUT2D eigenvalue weighted by Gasteiger charge is 2.23. The van der Waals surface area contributed by atoms with Crippen LogP contribution in [0.1, 0.15) is 15.9 Å². The molecule has 7 heteroatoms. The maximum absolute atomic E-state index is 12.1. The molecule has 0 saturated heterocycles. The van der Waals surface area contributed by atoms with Crippen molar-refractivity contribution in [1.29, 1.82) is 0 Å². The molecule has 0 aromatic heterocycles. The lowest BCUT2D eigenvalue weighted by molar-refractivity contribution is -0.385. The SMILES string of the molecule is O=C(NCc1ccc(Br)cc1)c1cccc(Cl)c1[N+](=O)[O-]. The van der Waals surface area contributed by atoms with Crippen LogP contribution in [0.4, 0.5) is 5.69 Å². The molecular weight excluding hydrogens is 360 g/mol. The first-order valence-corrected chi connectivity index (χ1v) is 7.11. The zero-order valence-corrected chi connectivity index (χ0v) is 13.0. The maximum Gasteiger partial charge on any atom is 0.300 e. The fourth-order valence-electron chi connectivity index (χ4n) is 1.76. The molecule has 0 radical (unpaired) electrons. The fraction of sp³-hybridized carbons (Fsp3) is 0.0714. The van der Waals surface area contributed by atoms with Crippen molar-refractivity contribution in [1.82, 2.24) is 5.32 Å². The molecule has 1 amide bonds. The smallest absolute Gasteiger partial charge is 0.300 e. The van der Waals surface area contributed by atoms with E-state index in [-0.39, 0.29) is 22.8 Å². The number of nitrogens with zero attached hydrogens (tertiary/aromatic N) is 1. The monoisotopic (exact) mass is 368 g/mol. The standard InChI is InChI=1S/C14H10BrClN2O3/c15-10-6-4-9(5-7-10)8-17-14(19)11-2-1-3-12(16)13(11)18(20)21/h1-7H,8H2,(H,17,19). The summed E-state index contributed by atoms with van der Waals surface area (Å²) in [5, 5.41) is 13.6. The molecule has 0 unspecified atom stereocenters. The molecule has 0 saturated carbocycles. The van der Waals surface area contributed by atoms with Crippen molar-refractivity contribution in [2.24, 2.45) is 0 Å². The number of nitro groups is 1. The number of halogens is 2. The van der Waals surface area contributed by atoms with Crippen LogP contribution in [0.15, 0.2) is 46.9 Å². The summed E-state index contributed by atoms with van der Waals surface area (Å²) in [5.41, 5.74) is 0.452. The highest BCUT2D eigenvalue weighted by Crippen LogP contribution is 2.28. The first kappa shape index (κ1) is 15.5. The molecular formula is C14H10BrClN2O3. The summed E-state index contributed by atoms with van der Waals surface area (Å²) < 4.78 is 0.933. The van der Waals surface area contributed by atoms with E-state index in [1.165, 1.54) is 18.2 Å². The molecule has 0 spiro atoms. The van der Waals surface area contributed by atoms with Gasteiger partial charge in [0.25, 0.3) is 5.91 Å². The highest BCUT2D eigenvalue weighted by molar-refractivity contribution is 9.10. The minimum Gasteiger partial charge on any atom is -0.348 e. The summed E-state index contributed by atoms with van der Waals surface area (Å²) in [5.74, 6) is -0.535. The zero-order valence-electron chi connectivity index (χ0n) is 10.7. The second-order valence-electron chi connectivity index (χ2n) is 4.20. The van der Waals surface area contributed by atoms with Crippen molar-refractivity contribution < 1.29 is 9.72 Å². The predicted molar refractivity (Wildman–Crippen MR) is 83.4 cm³/mol. The van der Waals surface area contributed by atoms with Crippen molar-refractivity contribution in [2.75, 3.05) is 0 Å². The number of rotatable bonds is 4. The maximum atomic E-state index is 12.1. The van der Waals surface area contributed by atoms with Crippen LogP contribution < -0.4 is 5.32 Å². The first-order valence-electron chi connectivity index (χ1n) is 5.94. The molecule has 5 nitrogen and oxygen atoms in total. The van der Waals surface area contributed by atoms with E-state index < -0.39 is 10.8 Å². The highest BCUT2D eigenvalue weighted by atomic mass is 79.9. The number of para-hydroxylation sites is 1. The topological polar surface area (TPSA) is 72.2 Å². The summed E-state index contributed by atoms with van der Waals surface area (Å²) >= 11 is 9.09. The van der Waals surface area contributed by atoms with E-state index in [4.69, 9.17) is 11.6 Å². The molecule has 0 atom stereocenters. The van der Waals surface area contributed by atoms with E-state index >= 15 is 0 Å². The molecule has 0 aliphatic rings. The number of nitrogens with one attached hydrogen (secondary N) is 1. The van der Waals surface area contributed by atoms with Gasteiger partial charge in [-0.1, -0.05) is 45.7 Å². The third kappa shape index (κ3) is 3.80. The van der Waals surface area contributed by atoms with Gasteiger partial charge in [-0.15, -0.1) is 0 Å². The first-order chi connectivity index (χ1) is 9.99. The van der Waals surface area contributed by atoms with Crippen LogP contribution in [-0.4, -0.2) is 10.8 Å². The van der Waals surface area contributed by atoms with E-state index in [1.807, 2.05) is 24.3 Å². The van der Waals surface area contributed by atoms with Gasteiger partial charge in [0.15, 0.2) is 0 Å². The molecule has 0 aliphatic heterocycles. The average Bonchev–Trinajstić information content (AvgIpc) is 2.45. The van der Waals surface area contributed by atoms with Crippen molar-refractivity contribution >= 4 is 39.1 Å². The number of carbonyl (C=O) groups is 1. The molecule has 2 rings (SSSR count). The normalized spacial score (nSPS) is 10.2. The molecule has 108 valence electrons. The summed E-state index contributed by atoms with van der Waals surface area (Å²) in [6.45, 7) is 0.274. The lowest BCUT2D eigenvalue weighted by Crippen LogP contribution is -2.23. The van der Waals surface area contributed by atoms with Crippen LogP contribution in [-0.2, 0) is 6.54 Å². The summed E-state index contributed by atoms with van der Waals surface area (Å²) in [6.07, 6.45) is 0. The van der Waals surface area contributed by atoms with Gasteiger partial charge in [-0.2, -0.15) is 0 Å². The molecule has 0 fully saturated rings. The molecule has 0 aliphatic carbocycles. The number of amides is 1. The van der Waals surface area contributed by atoms with E-state index in [0.717, 1.165) is 10.0 Å². The van der Waals surface area contributed by atoms with Gasteiger partial charge in [-0.3, -0.25) is 14.9 Å². The number of hydrogen-bond donors (Lipinski definition) is 1. The largest absolute Gasteiger partial charge is 0.348 e. The number of hydrogen-bond acceptors (Lipinski definition) is 3. The van der Waals surface area contributed by atoms with Crippen LogP contribution in [0.5, 0.6) is 0 Å². The number of carbonyl (C=O) groups excluding carboxylic acids is 1. The molecule has 0 heterocycles. The van der Waals surface area contributed by atoms with Gasteiger partial charge in [0.2, 0.25) is 0 Å². The second kappa shape index (κ2) is 6.69. The lowest BCUT2D eigenvalue weighted by Gasteiger charge is -2.07. The van der Waals surface area contributed by atoms with Gasteiger partial charge in [-0.05, 0) is 29.8 Å². The van der Waals surface area contributed by atoms with Gasteiger partial charge in [0, 0.05) is 11.0 Å². The fourth-order valence-corrected chi connectivity index (χ4v) is 2.27. The van der Waals surface area contributed by atoms with Crippen LogP contribution in [0.25, 0.3) is 0 Å². The summed E-state index contributed by atoms with van der Waals surface area (Å²) in [6, 6.07) is 11.6. The third-order valence-electron chi connectivity index (χ3n) is 2.78. The quantitative estimate of drug-likeness (QED) is 0.655. The lowest BCUT2D eigenvalue weighted by atomic mass is 10.1. The Bertz CT molecular complexity index is 689. The number of nitro benzene ring substituents is 1. The van der Waals surface area contributed by atoms with Crippen molar-refractivity contribution in [3.63, 3.8) is 0 Å². The Labute approximate surface area is 134 Å². The summed E-state index contributed by atoms with van der Waals surface area (Å²) in [7, 11) is 0. The van der Waals surface area contributed by atoms with Crippen LogP contribution in [0.2, 0.25) is 5.02 Å².